The van der Waals surface area contributed by atoms with Crippen LogP contribution in [0, 0.1) is 5.41 Å². The first-order valence-corrected chi connectivity index (χ1v) is 4.74. The zero-order chi connectivity index (χ0) is 9.47. The molecule has 1 aliphatic carbocycles. The first-order chi connectivity index (χ1) is 6.07. The molecule has 1 saturated heterocycles. The number of fused-ring (bicyclic) bond motifs is 1. The Bertz CT molecular complexity index is 268. The van der Waals surface area contributed by atoms with Crippen LogP contribution in [0.25, 0.3) is 0 Å². The van der Waals surface area contributed by atoms with E-state index in [1.807, 2.05) is 0 Å². The van der Waals surface area contributed by atoms with Gasteiger partial charge in [0.1, 0.15) is 11.9 Å². The maximum atomic E-state index is 5.38. The summed E-state index contributed by atoms with van der Waals surface area (Å²) in [4.78, 5) is 0. The van der Waals surface area contributed by atoms with Crippen molar-refractivity contribution in [3.63, 3.8) is 0 Å². The number of ether oxygens (including phenoxy) is 2. The predicted octanol–water partition coefficient (Wildman–Crippen LogP) is 2.62. The Morgan fingerprint density at radius 3 is 2.85 bits per heavy atom. The number of hydrogen-bond donors (Lipinski definition) is 0. The summed E-state index contributed by atoms with van der Waals surface area (Å²) >= 11 is 0. The molecule has 2 nitrogen and oxygen atoms in total. The molecule has 1 atom stereocenters. The molecule has 2 aliphatic rings. The van der Waals surface area contributed by atoms with Crippen LogP contribution in [0.1, 0.15) is 27.2 Å². The summed E-state index contributed by atoms with van der Waals surface area (Å²) in [5.41, 5.74) is 1.56. The SMILES string of the molecule is CC(C)(C)C1=CCC2OCOC2=C1. The number of allylic oxidation sites excluding steroid dienone is 2. The second-order valence-corrected chi connectivity index (χ2v) is 4.61. The fraction of sp³-hybridized carbons (Fsp3) is 0.636. The Morgan fingerprint density at radius 2 is 2.15 bits per heavy atom. The Labute approximate surface area is 79.2 Å². The lowest BCUT2D eigenvalue weighted by atomic mass is 9.83. The summed E-state index contributed by atoms with van der Waals surface area (Å²) in [6.45, 7) is 7.06. The van der Waals surface area contributed by atoms with E-state index in [0.29, 0.717) is 6.79 Å². The zero-order valence-electron chi connectivity index (χ0n) is 8.46. The minimum atomic E-state index is 0.186. The lowest BCUT2D eigenvalue weighted by Gasteiger charge is -2.24. The van der Waals surface area contributed by atoms with Gasteiger partial charge in [0.05, 0.1) is 0 Å². The van der Waals surface area contributed by atoms with E-state index in [1.165, 1.54) is 5.57 Å². The average molecular weight is 180 g/mol. The van der Waals surface area contributed by atoms with Gasteiger partial charge in [-0.2, -0.15) is 0 Å². The summed E-state index contributed by atoms with van der Waals surface area (Å²) in [6.07, 6.45) is 5.52. The van der Waals surface area contributed by atoms with E-state index in [1.54, 1.807) is 0 Å². The smallest absolute Gasteiger partial charge is 0.189 e. The second-order valence-electron chi connectivity index (χ2n) is 4.61. The van der Waals surface area contributed by atoms with Gasteiger partial charge in [-0.3, -0.25) is 0 Å². The van der Waals surface area contributed by atoms with Crippen molar-refractivity contribution in [2.45, 2.75) is 33.3 Å². The molecule has 0 radical (unpaired) electrons. The summed E-state index contributed by atoms with van der Waals surface area (Å²) in [5, 5.41) is 0. The summed E-state index contributed by atoms with van der Waals surface area (Å²) in [6, 6.07) is 0. The van der Waals surface area contributed by atoms with E-state index >= 15 is 0 Å². The molecule has 2 heteroatoms. The zero-order valence-corrected chi connectivity index (χ0v) is 8.46. The van der Waals surface area contributed by atoms with Crippen molar-refractivity contribution in [1.82, 2.24) is 0 Å². The minimum Gasteiger partial charge on any atom is -0.469 e. The van der Waals surface area contributed by atoms with Crippen LogP contribution in [-0.2, 0) is 9.47 Å². The highest BCUT2D eigenvalue weighted by molar-refractivity contribution is 5.32. The predicted molar refractivity (Wildman–Crippen MR) is 51.1 cm³/mol. The molecular weight excluding hydrogens is 164 g/mol. The highest BCUT2D eigenvalue weighted by Crippen LogP contribution is 2.34. The van der Waals surface area contributed by atoms with Gasteiger partial charge in [-0.25, -0.2) is 0 Å². The molecule has 0 amide bonds. The van der Waals surface area contributed by atoms with Gasteiger partial charge in [0.25, 0.3) is 0 Å². The molecule has 0 N–H and O–H groups in total. The van der Waals surface area contributed by atoms with Gasteiger partial charge in [0.2, 0.25) is 0 Å². The van der Waals surface area contributed by atoms with Gasteiger partial charge in [-0.05, 0) is 23.5 Å². The first kappa shape index (κ1) is 8.82. The fourth-order valence-electron chi connectivity index (χ4n) is 1.65. The molecule has 1 fully saturated rings. The van der Waals surface area contributed by atoms with Gasteiger partial charge >= 0.3 is 0 Å². The molecule has 0 saturated carbocycles. The van der Waals surface area contributed by atoms with E-state index in [2.05, 4.69) is 32.9 Å². The van der Waals surface area contributed by atoms with E-state index < -0.39 is 0 Å². The van der Waals surface area contributed by atoms with Crippen molar-refractivity contribution in [2.24, 2.45) is 5.41 Å². The molecule has 1 heterocycles. The Balaban J connectivity index is 2.22. The number of hydrogen-bond acceptors (Lipinski definition) is 2. The lowest BCUT2D eigenvalue weighted by Crippen LogP contribution is -2.16. The Morgan fingerprint density at radius 1 is 1.38 bits per heavy atom. The molecule has 0 aromatic carbocycles. The molecule has 0 spiro atoms. The van der Waals surface area contributed by atoms with Crippen LogP contribution in [0.4, 0.5) is 0 Å². The van der Waals surface area contributed by atoms with E-state index in [4.69, 9.17) is 9.47 Å². The molecule has 1 unspecified atom stereocenters. The molecular formula is C11H16O2. The highest BCUT2D eigenvalue weighted by atomic mass is 16.7. The third kappa shape index (κ3) is 1.63. The van der Waals surface area contributed by atoms with Crippen LogP contribution >= 0.6 is 0 Å². The Hall–Kier alpha value is -0.760. The largest absolute Gasteiger partial charge is 0.469 e. The molecule has 0 bridgehead atoms. The van der Waals surface area contributed by atoms with Gasteiger partial charge in [-0.15, -0.1) is 0 Å². The van der Waals surface area contributed by atoms with Crippen LogP contribution in [0.2, 0.25) is 0 Å². The average Bonchev–Trinajstić information content (AvgIpc) is 2.47. The Kier molecular flexibility index (Phi) is 1.95. The summed E-state index contributed by atoms with van der Waals surface area (Å²) in [5.74, 6) is 1.01. The highest BCUT2D eigenvalue weighted by Gasteiger charge is 2.28. The minimum absolute atomic E-state index is 0.186. The molecule has 0 aromatic heterocycles. The summed E-state index contributed by atoms with van der Waals surface area (Å²) < 4.78 is 10.8. The van der Waals surface area contributed by atoms with Gasteiger partial charge in [0.15, 0.2) is 6.79 Å². The van der Waals surface area contributed by atoms with Crippen molar-refractivity contribution in [3.8, 4) is 0 Å². The lowest BCUT2D eigenvalue weighted by molar-refractivity contribution is 0.0508. The maximum Gasteiger partial charge on any atom is 0.189 e. The van der Waals surface area contributed by atoms with Crippen molar-refractivity contribution in [1.29, 1.82) is 0 Å². The molecule has 0 aromatic rings. The number of rotatable bonds is 0. The van der Waals surface area contributed by atoms with Crippen LogP contribution in [0.5, 0.6) is 0 Å². The van der Waals surface area contributed by atoms with Crippen molar-refractivity contribution in [2.75, 3.05) is 6.79 Å². The third-order valence-corrected chi connectivity index (χ3v) is 2.53. The second kappa shape index (κ2) is 2.88. The first-order valence-electron chi connectivity index (χ1n) is 4.74. The van der Waals surface area contributed by atoms with Gasteiger partial charge in [0, 0.05) is 0 Å². The van der Waals surface area contributed by atoms with Crippen LogP contribution in [-0.4, -0.2) is 12.9 Å². The molecule has 1 aliphatic heterocycles. The fourth-order valence-corrected chi connectivity index (χ4v) is 1.65. The summed E-state index contributed by atoms with van der Waals surface area (Å²) in [7, 11) is 0. The van der Waals surface area contributed by atoms with Crippen LogP contribution < -0.4 is 0 Å². The van der Waals surface area contributed by atoms with Crippen molar-refractivity contribution in [3.05, 3.63) is 23.5 Å². The van der Waals surface area contributed by atoms with E-state index in [9.17, 15) is 0 Å². The third-order valence-electron chi connectivity index (χ3n) is 2.53. The molecule has 2 rings (SSSR count). The normalized spacial score (nSPS) is 27.5. The van der Waals surface area contributed by atoms with Crippen LogP contribution in [0.15, 0.2) is 23.5 Å². The van der Waals surface area contributed by atoms with Gasteiger partial charge in [-0.1, -0.05) is 26.8 Å². The quantitative estimate of drug-likeness (QED) is 0.570. The maximum absolute atomic E-state index is 5.38. The van der Waals surface area contributed by atoms with Gasteiger partial charge < -0.3 is 9.47 Å². The standard InChI is InChI=1S/C11H16O2/c1-11(2,3)8-4-5-9-10(6-8)13-7-12-9/h4,6,9H,5,7H2,1-3H3. The van der Waals surface area contributed by atoms with Crippen LogP contribution in [0.3, 0.4) is 0 Å². The van der Waals surface area contributed by atoms with Crippen molar-refractivity contribution < 1.29 is 9.47 Å². The monoisotopic (exact) mass is 180 g/mol. The molecule has 13 heavy (non-hydrogen) atoms. The molecule has 72 valence electrons. The topological polar surface area (TPSA) is 18.5 Å². The van der Waals surface area contributed by atoms with Crippen molar-refractivity contribution >= 4 is 0 Å². The van der Waals surface area contributed by atoms with E-state index in [0.717, 1.165) is 12.2 Å². The van der Waals surface area contributed by atoms with E-state index in [-0.39, 0.29) is 11.5 Å².